The Labute approximate surface area is 161 Å². The molecule has 0 bridgehead atoms. The molecule has 28 heavy (non-hydrogen) atoms. The summed E-state index contributed by atoms with van der Waals surface area (Å²) in [4.78, 5) is 10.6. The highest BCUT2D eigenvalue weighted by molar-refractivity contribution is 5.85. The van der Waals surface area contributed by atoms with E-state index in [0.29, 0.717) is 17.5 Å². The van der Waals surface area contributed by atoms with Crippen LogP contribution >= 0.6 is 0 Å². The summed E-state index contributed by atoms with van der Waals surface area (Å²) in [7, 11) is 3.82. The van der Waals surface area contributed by atoms with Crippen LogP contribution in [0, 0.1) is 12.7 Å². The number of nitrogens with zero attached hydrogens (tertiary/aromatic N) is 5. The molecule has 4 rings (SSSR count). The van der Waals surface area contributed by atoms with Gasteiger partial charge < -0.3 is 15.3 Å². The third kappa shape index (κ3) is 3.20. The van der Waals surface area contributed by atoms with Crippen LogP contribution in [0.15, 0.2) is 48.7 Å². The van der Waals surface area contributed by atoms with Crippen molar-refractivity contribution in [1.82, 2.24) is 19.7 Å². The first-order valence-corrected chi connectivity index (χ1v) is 8.68. The van der Waals surface area contributed by atoms with Crippen molar-refractivity contribution in [2.75, 3.05) is 17.3 Å². The van der Waals surface area contributed by atoms with E-state index in [2.05, 4.69) is 20.4 Å². The number of hydrogen-bond acceptors (Lipinski definition) is 6. The molecule has 0 aliphatic heterocycles. The minimum atomic E-state index is -0.516. The molecule has 2 aromatic heterocycles. The van der Waals surface area contributed by atoms with Crippen molar-refractivity contribution in [1.29, 1.82) is 0 Å². The Morgan fingerprint density at radius 2 is 1.96 bits per heavy atom. The van der Waals surface area contributed by atoms with Crippen LogP contribution in [-0.4, -0.2) is 31.9 Å². The van der Waals surface area contributed by atoms with Gasteiger partial charge in [0.15, 0.2) is 0 Å². The number of phenols is 1. The lowest BCUT2D eigenvalue weighted by Gasteiger charge is -2.19. The Kier molecular flexibility index (Phi) is 4.31. The van der Waals surface area contributed by atoms with Gasteiger partial charge in [0.05, 0.1) is 11.2 Å². The Bertz CT molecular complexity index is 1170. The van der Waals surface area contributed by atoms with Gasteiger partial charge in [-0.15, -0.1) is 0 Å². The largest absolute Gasteiger partial charge is 0.506 e. The number of aromatic nitrogens is 4. The molecule has 2 aromatic carbocycles. The summed E-state index contributed by atoms with van der Waals surface area (Å²) < 4.78 is 15.0. The molecule has 2 heterocycles. The first-order valence-electron chi connectivity index (χ1n) is 8.68. The highest BCUT2D eigenvalue weighted by Gasteiger charge is 2.12. The second-order valence-electron chi connectivity index (χ2n) is 6.49. The van der Waals surface area contributed by atoms with Crippen LogP contribution in [-0.2, 0) is 7.05 Å². The van der Waals surface area contributed by atoms with E-state index in [4.69, 9.17) is 0 Å². The summed E-state index contributed by atoms with van der Waals surface area (Å²) in [5, 5.41) is 18.4. The first-order chi connectivity index (χ1) is 13.4. The monoisotopic (exact) mass is 378 g/mol. The number of benzene rings is 2. The van der Waals surface area contributed by atoms with Gasteiger partial charge >= 0.3 is 0 Å². The molecule has 4 aromatic rings. The molecule has 0 atom stereocenters. The molecule has 0 saturated heterocycles. The molecule has 142 valence electrons. The number of hydrogen-bond donors (Lipinski definition) is 2. The van der Waals surface area contributed by atoms with E-state index in [1.54, 1.807) is 12.3 Å². The van der Waals surface area contributed by atoms with Gasteiger partial charge in [-0.05, 0) is 43.3 Å². The normalized spacial score (nSPS) is 11.0. The van der Waals surface area contributed by atoms with Crippen molar-refractivity contribution in [2.45, 2.75) is 6.92 Å². The quantitative estimate of drug-likeness (QED) is 0.522. The summed E-state index contributed by atoms with van der Waals surface area (Å²) in [5.41, 5.74) is 3.27. The SMILES string of the molecule is Cc1c2ccc(N(C)c3ccnc(Nc4ccc(F)cc4O)n3)cc2nn1C. The van der Waals surface area contributed by atoms with Crippen molar-refractivity contribution in [3.8, 4) is 5.75 Å². The summed E-state index contributed by atoms with van der Waals surface area (Å²) in [6.45, 7) is 2.03. The van der Waals surface area contributed by atoms with E-state index < -0.39 is 5.82 Å². The van der Waals surface area contributed by atoms with Gasteiger partial charge in [-0.2, -0.15) is 10.1 Å². The summed E-state index contributed by atoms with van der Waals surface area (Å²) in [6.07, 6.45) is 1.62. The van der Waals surface area contributed by atoms with Crippen molar-refractivity contribution < 1.29 is 9.50 Å². The molecule has 0 aliphatic carbocycles. The maximum Gasteiger partial charge on any atom is 0.229 e. The highest BCUT2D eigenvalue weighted by Crippen LogP contribution is 2.29. The number of aromatic hydroxyl groups is 1. The predicted molar refractivity (Wildman–Crippen MR) is 107 cm³/mol. The number of halogens is 1. The van der Waals surface area contributed by atoms with Gasteiger partial charge in [0.1, 0.15) is 17.4 Å². The van der Waals surface area contributed by atoms with E-state index in [1.165, 1.54) is 12.1 Å². The zero-order valence-corrected chi connectivity index (χ0v) is 15.7. The third-order valence-electron chi connectivity index (χ3n) is 4.69. The van der Waals surface area contributed by atoms with E-state index in [0.717, 1.165) is 28.4 Å². The lowest BCUT2D eigenvalue weighted by molar-refractivity contribution is 0.471. The topological polar surface area (TPSA) is 79.1 Å². The summed E-state index contributed by atoms with van der Waals surface area (Å²) >= 11 is 0. The van der Waals surface area contributed by atoms with Crippen LogP contribution in [0.2, 0.25) is 0 Å². The van der Waals surface area contributed by atoms with Crippen LogP contribution < -0.4 is 10.2 Å². The van der Waals surface area contributed by atoms with Gasteiger partial charge in [0.25, 0.3) is 0 Å². The van der Waals surface area contributed by atoms with E-state index >= 15 is 0 Å². The molecule has 0 spiro atoms. The summed E-state index contributed by atoms with van der Waals surface area (Å²) in [5.74, 6) is 0.225. The van der Waals surface area contributed by atoms with Crippen molar-refractivity contribution in [3.63, 3.8) is 0 Å². The fourth-order valence-electron chi connectivity index (χ4n) is 2.99. The minimum absolute atomic E-state index is 0.210. The smallest absolute Gasteiger partial charge is 0.229 e. The molecule has 7 nitrogen and oxygen atoms in total. The van der Waals surface area contributed by atoms with Gasteiger partial charge in [0.2, 0.25) is 5.95 Å². The molecule has 0 saturated carbocycles. The van der Waals surface area contributed by atoms with Crippen molar-refractivity contribution in [3.05, 3.63) is 60.2 Å². The lowest BCUT2D eigenvalue weighted by Crippen LogP contribution is -2.12. The lowest BCUT2D eigenvalue weighted by atomic mass is 10.2. The van der Waals surface area contributed by atoms with Crippen LogP contribution in [0.1, 0.15) is 5.69 Å². The number of fused-ring (bicyclic) bond motifs is 1. The zero-order valence-electron chi connectivity index (χ0n) is 15.7. The highest BCUT2D eigenvalue weighted by atomic mass is 19.1. The van der Waals surface area contributed by atoms with Crippen molar-refractivity contribution >= 4 is 34.0 Å². The third-order valence-corrected chi connectivity index (χ3v) is 4.69. The molecule has 0 unspecified atom stereocenters. The Morgan fingerprint density at radius 3 is 2.75 bits per heavy atom. The van der Waals surface area contributed by atoms with Crippen molar-refractivity contribution in [2.24, 2.45) is 7.05 Å². The van der Waals surface area contributed by atoms with E-state index in [-0.39, 0.29) is 5.75 Å². The van der Waals surface area contributed by atoms with Gasteiger partial charge in [-0.3, -0.25) is 4.68 Å². The summed E-state index contributed by atoms with van der Waals surface area (Å²) in [6, 6.07) is 11.6. The van der Waals surface area contributed by atoms with Crippen LogP contribution in [0.3, 0.4) is 0 Å². The maximum atomic E-state index is 13.1. The molecule has 0 aliphatic rings. The van der Waals surface area contributed by atoms with Gasteiger partial charge in [-0.1, -0.05) is 0 Å². The molecule has 2 N–H and O–H groups in total. The molecular formula is C20H19FN6O. The molecule has 0 radical (unpaired) electrons. The van der Waals surface area contributed by atoms with Crippen LogP contribution in [0.4, 0.5) is 27.5 Å². The number of aryl methyl sites for hydroxylation is 2. The standard InChI is InChI=1S/C20H19FN6O/c1-12-15-6-5-14(11-17(15)25-27(12)3)26(2)19-8-9-22-20(24-19)23-16-7-4-13(21)10-18(16)28/h4-11,28H,1-3H3,(H,22,23,24). The van der Waals surface area contributed by atoms with Crippen LogP contribution in [0.25, 0.3) is 10.9 Å². The van der Waals surface area contributed by atoms with Gasteiger partial charge in [0, 0.05) is 43.1 Å². The Hall–Kier alpha value is -3.68. The number of rotatable bonds is 4. The van der Waals surface area contributed by atoms with E-state index in [1.807, 2.05) is 48.8 Å². The molecule has 0 fully saturated rings. The fraction of sp³-hybridized carbons (Fsp3) is 0.150. The zero-order chi connectivity index (χ0) is 19.8. The first kappa shape index (κ1) is 17.7. The molecule has 0 amide bonds. The van der Waals surface area contributed by atoms with Crippen LogP contribution in [0.5, 0.6) is 5.75 Å². The Balaban J connectivity index is 1.63. The van der Waals surface area contributed by atoms with E-state index in [9.17, 15) is 9.50 Å². The number of phenolic OH excluding ortho intramolecular Hbond substituents is 1. The predicted octanol–water partition coefficient (Wildman–Crippen LogP) is 4.03. The average Bonchev–Trinajstić information content (AvgIpc) is 2.97. The molecule has 8 heteroatoms. The fourth-order valence-corrected chi connectivity index (χ4v) is 2.99. The number of nitrogens with one attached hydrogen (secondary N) is 1. The molecular weight excluding hydrogens is 359 g/mol. The minimum Gasteiger partial charge on any atom is -0.506 e. The number of anilines is 4. The second-order valence-corrected chi connectivity index (χ2v) is 6.49. The maximum absolute atomic E-state index is 13.1. The average molecular weight is 378 g/mol. The second kappa shape index (κ2) is 6.80. The Morgan fingerprint density at radius 1 is 1.14 bits per heavy atom. The van der Waals surface area contributed by atoms with Gasteiger partial charge in [-0.25, -0.2) is 9.37 Å².